The smallest absolute Gasteiger partial charge is 0.266 e. The number of ether oxygens (including phenoxy) is 1. The van der Waals surface area contributed by atoms with Crippen molar-refractivity contribution < 1.29 is 9.53 Å². The van der Waals surface area contributed by atoms with Crippen molar-refractivity contribution in [3.05, 3.63) is 111 Å². The summed E-state index contributed by atoms with van der Waals surface area (Å²) < 4.78 is 7.12. The Kier molecular flexibility index (Phi) is 7.32. The van der Waals surface area contributed by atoms with Gasteiger partial charge in [0.05, 0.1) is 0 Å². The highest BCUT2D eigenvalue weighted by Gasteiger charge is 2.14. The number of hydrogen-bond acceptors (Lipinski definition) is 3. The molecule has 0 unspecified atom stereocenters. The summed E-state index contributed by atoms with van der Waals surface area (Å²) in [6, 6.07) is 26.7. The standard InChI is InChI=1S/C28H20BrClN2O2/c1-18-6-12-23(15-26(18)30)32-28(33)21(16-31)14-25-24-5-3-2-4-20(24)9-13-27(25)34-17-19-7-10-22(29)11-8-19/h2-15H,17H2,1H3,(H,32,33)/b21-14+. The molecule has 0 saturated heterocycles. The van der Waals surface area contributed by atoms with E-state index in [1.54, 1.807) is 18.2 Å². The monoisotopic (exact) mass is 530 g/mol. The van der Waals surface area contributed by atoms with Crippen LogP contribution in [0.4, 0.5) is 5.69 Å². The summed E-state index contributed by atoms with van der Waals surface area (Å²) in [5, 5.41) is 14.9. The zero-order chi connectivity index (χ0) is 24.1. The van der Waals surface area contributed by atoms with Gasteiger partial charge in [-0.15, -0.1) is 0 Å². The Hall–Kier alpha value is -3.59. The lowest BCUT2D eigenvalue weighted by molar-refractivity contribution is -0.112. The number of nitrogens with zero attached hydrogens (tertiary/aromatic N) is 1. The van der Waals surface area contributed by atoms with Gasteiger partial charge in [-0.3, -0.25) is 4.79 Å². The Bertz CT molecular complexity index is 1440. The molecule has 1 N–H and O–H groups in total. The molecule has 0 radical (unpaired) electrons. The van der Waals surface area contributed by atoms with Gasteiger partial charge in [0.1, 0.15) is 24.0 Å². The van der Waals surface area contributed by atoms with Crippen LogP contribution in [0.3, 0.4) is 0 Å². The lowest BCUT2D eigenvalue weighted by Gasteiger charge is -2.13. The van der Waals surface area contributed by atoms with E-state index in [-0.39, 0.29) is 5.57 Å². The van der Waals surface area contributed by atoms with Crippen LogP contribution in [0.25, 0.3) is 16.8 Å². The van der Waals surface area contributed by atoms with Gasteiger partial charge < -0.3 is 10.1 Å². The van der Waals surface area contributed by atoms with E-state index in [4.69, 9.17) is 16.3 Å². The van der Waals surface area contributed by atoms with Gasteiger partial charge in [-0.1, -0.05) is 76.1 Å². The highest BCUT2D eigenvalue weighted by Crippen LogP contribution is 2.31. The number of anilines is 1. The first kappa shape index (κ1) is 23.6. The van der Waals surface area contributed by atoms with E-state index >= 15 is 0 Å². The second-order valence-corrected chi connectivity index (χ2v) is 9.02. The van der Waals surface area contributed by atoms with Crippen LogP contribution in [-0.4, -0.2) is 5.91 Å². The third-order valence-electron chi connectivity index (χ3n) is 5.32. The molecule has 0 bridgehead atoms. The van der Waals surface area contributed by atoms with E-state index in [9.17, 15) is 10.1 Å². The first-order valence-corrected chi connectivity index (χ1v) is 11.7. The number of nitriles is 1. The van der Waals surface area contributed by atoms with E-state index in [2.05, 4.69) is 21.2 Å². The van der Waals surface area contributed by atoms with Crippen molar-refractivity contribution in [1.29, 1.82) is 5.26 Å². The Morgan fingerprint density at radius 2 is 1.85 bits per heavy atom. The summed E-state index contributed by atoms with van der Waals surface area (Å²) in [6.45, 7) is 2.23. The van der Waals surface area contributed by atoms with Crippen LogP contribution in [-0.2, 0) is 11.4 Å². The van der Waals surface area contributed by atoms with E-state index in [0.29, 0.717) is 28.6 Å². The average Bonchev–Trinajstić information content (AvgIpc) is 2.84. The molecule has 1 amide bonds. The fourth-order valence-corrected chi connectivity index (χ4v) is 3.90. The minimum Gasteiger partial charge on any atom is -0.488 e. The summed E-state index contributed by atoms with van der Waals surface area (Å²) in [5.41, 5.74) is 3.05. The number of aryl methyl sites for hydroxylation is 1. The quantitative estimate of drug-likeness (QED) is 0.205. The Labute approximate surface area is 211 Å². The van der Waals surface area contributed by atoms with Crippen molar-refractivity contribution in [3.8, 4) is 11.8 Å². The fourth-order valence-electron chi connectivity index (χ4n) is 3.45. The molecule has 0 aliphatic carbocycles. The molecule has 4 aromatic rings. The Balaban J connectivity index is 1.69. The zero-order valence-electron chi connectivity index (χ0n) is 18.3. The van der Waals surface area contributed by atoms with Crippen LogP contribution in [0.2, 0.25) is 5.02 Å². The minimum atomic E-state index is -0.519. The van der Waals surface area contributed by atoms with Crippen molar-refractivity contribution in [1.82, 2.24) is 0 Å². The summed E-state index contributed by atoms with van der Waals surface area (Å²) in [5.74, 6) is 0.0646. The van der Waals surface area contributed by atoms with Crippen LogP contribution in [0, 0.1) is 18.3 Å². The van der Waals surface area contributed by atoms with Gasteiger partial charge in [-0.25, -0.2) is 0 Å². The number of rotatable bonds is 6. The van der Waals surface area contributed by atoms with E-state index in [1.807, 2.05) is 79.7 Å². The summed E-state index contributed by atoms with van der Waals surface area (Å²) >= 11 is 9.61. The minimum absolute atomic E-state index is 0.0402. The highest BCUT2D eigenvalue weighted by molar-refractivity contribution is 9.10. The molecule has 0 heterocycles. The Morgan fingerprint density at radius 3 is 2.59 bits per heavy atom. The van der Waals surface area contributed by atoms with Crippen molar-refractivity contribution in [2.75, 3.05) is 5.32 Å². The number of halogens is 2. The summed E-state index contributed by atoms with van der Waals surface area (Å²) in [6.07, 6.45) is 1.57. The SMILES string of the molecule is Cc1ccc(NC(=O)/C(C#N)=C/c2c(OCc3ccc(Br)cc3)ccc3ccccc23)cc1Cl. The molecule has 0 saturated carbocycles. The average molecular weight is 532 g/mol. The molecule has 4 aromatic carbocycles. The van der Waals surface area contributed by atoms with Crippen molar-refractivity contribution in [2.45, 2.75) is 13.5 Å². The zero-order valence-corrected chi connectivity index (χ0v) is 20.7. The summed E-state index contributed by atoms with van der Waals surface area (Å²) in [4.78, 5) is 12.9. The fraction of sp³-hybridized carbons (Fsp3) is 0.0714. The first-order chi connectivity index (χ1) is 16.4. The molecule has 0 aliphatic rings. The first-order valence-electron chi connectivity index (χ1n) is 10.5. The number of nitrogens with one attached hydrogen (secondary N) is 1. The van der Waals surface area contributed by atoms with E-state index in [0.717, 1.165) is 26.4 Å². The molecule has 168 valence electrons. The van der Waals surface area contributed by atoms with Gasteiger partial charge >= 0.3 is 0 Å². The maximum Gasteiger partial charge on any atom is 0.266 e. The maximum absolute atomic E-state index is 12.9. The van der Waals surface area contributed by atoms with Crippen molar-refractivity contribution in [2.24, 2.45) is 0 Å². The van der Waals surface area contributed by atoms with E-state index < -0.39 is 5.91 Å². The topological polar surface area (TPSA) is 62.1 Å². The molecule has 0 atom stereocenters. The molecule has 6 heteroatoms. The van der Waals surface area contributed by atoms with Gasteiger partial charge in [0.15, 0.2) is 0 Å². The highest BCUT2D eigenvalue weighted by atomic mass is 79.9. The normalized spacial score (nSPS) is 11.2. The van der Waals surface area contributed by atoms with Gasteiger partial charge in [-0.05, 0) is 65.2 Å². The van der Waals surface area contributed by atoms with E-state index in [1.165, 1.54) is 0 Å². The molecular weight excluding hydrogens is 512 g/mol. The molecule has 0 aliphatic heterocycles. The third-order valence-corrected chi connectivity index (χ3v) is 6.26. The predicted octanol–water partition coefficient (Wildman–Crippen LogP) is 7.69. The molecule has 0 fully saturated rings. The molecular formula is C28H20BrClN2O2. The second kappa shape index (κ2) is 10.6. The third kappa shape index (κ3) is 5.48. The number of carbonyl (C=O) groups is 1. The molecule has 4 nitrogen and oxygen atoms in total. The maximum atomic E-state index is 12.9. The lowest BCUT2D eigenvalue weighted by atomic mass is 10.0. The summed E-state index contributed by atoms with van der Waals surface area (Å²) in [7, 11) is 0. The largest absolute Gasteiger partial charge is 0.488 e. The molecule has 0 spiro atoms. The van der Waals surface area contributed by atoms with Crippen LogP contribution >= 0.6 is 27.5 Å². The lowest BCUT2D eigenvalue weighted by Crippen LogP contribution is -2.13. The predicted molar refractivity (Wildman–Crippen MR) is 141 cm³/mol. The number of benzene rings is 4. The van der Waals surface area contributed by atoms with Crippen LogP contribution in [0.1, 0.15) is 16.7 Å². The number of fused-ring (bicyclic) bond motifs is 1. The molecule has 34 heavy (non-hydrogen) atoms. The van der Waals surface area contributed by atoms with Crippen LogP contribution in [0.15, 0.2) is 88.9 Å². The second-order valence-electron chi connectivity index (χ2n) is 7.70. The van der Waals surface area contributed by atoms with Crippen molar-refractivity contribution in [3.63, 3.8) is 0 Å². The van der Waals surface area contributed by atoms with Crippen molar-refractivity contribution >= 4 is 56.0 Å². The Morgan fingerprint density at radius 1 is 1.09 bits per heavy atom. The number of amides is 1. The number of carbonyl (C=O) groups excluding carboxylic acids is 1. The van der Waals surface area contributed by atoms with Gasteiger partial charge in [0.2, 0.25) is 0 Å². The number of hydrogen-bond donors (Lipinski definition) is 1. The van der Waals surface area contributed by atoms with Gasteiger partial charge in [-0.2, -0.15) is 5.26 Å². The molecule has 0 aromatic heterocycles. The molecule has 4 rings (SSSR count). The van der Waals surface area contributed by atoms with Crippen LogP contribution in [0.5, 0.6) is 5.75 Å². The van der Waals surface area contributed by atoms with Gasteiger partial charge in [0.25, 0.3) is 5.91 Å². The van der Waals surface area contributed by atoms with Gasteiger partial charge in [0, 0.05) is 20.7 Å². The van der Waals surface area contributed by atoms with Crippen LogP contribution < -0.4 is 10.1 Å².